The number of alkyl carbamates (subject to hydrolysis) is 1. The van der Waals surface area contributed by atoms with Crippen LogP contribution in [0.3, 0.4) is 0 Å². The molecule has 28 heavy (non-hydrogen) atoms. The molecule has 0 heterocycles. The van der Waals surface area contributed by atoms with Gasteiger partial charge in [-0.15, -0.1) is 0 Å². The maximum absolute atomic E-state index is 12.0. The van der Waals surface area contributed by atoms with E-state index in [-0.39, 0.29) is 38.2 Å². The first-order valence-corrected chi connectivity index (χ1v) is 8.81. The molecular weight excluding hydrogens is 368 g/mol. The van der Waals surface area contributed by atoms with E-state index in [9.17, 15) is 24.3 Å². The van der Waals surface area contributed by atoms with Gasteiger partial charge in [0.05, 0.1) is 19.6 Å². The van der Waals surface area contributed by atoms with Crippen molar-refractivity contribution in [2.45, 2.75) is 44.9 Å². The highest BCUT2D eigenvalue weighted by atomic mass is 16.5. The minimum Gasteiger partial charge on any atom is -0.467 e. The minimum atomic E-state index is -1.17. The standard InChI is InChI=1S/C19H26N2O7/c1-13(22)8-9-16(18(25)27-2)21-17(24)10-15(23)11-20-19(26)28-12-14-6-4-3-5-7-14/h3-7,15-16,23H,8-12H2,1-2H3,(H,20,26)(H,21,24)/t15-,16-/m1/s1. The van der Waals surface area contributed by atoms with E-state index < -0.39 is 30.1 Å². The van der Waals surface area contributed by atoms with Gasteiger partial charge in [0.2, 0.25) is 5.91 Å². The zero-order chi connectivity index (χ0) is 20.9. The molecule has 0 saturated carbocycles. The van der Waals surface area contributed by atoms with E-state index >= 15 is 0 Å². The fourth-order valence-electron chi connectivity index (χ4n) is 2.25. The first kappa shape index (κ1) is 23.1. The van der Waals surface area contributed by atoms with Gasteiger partial charge in [0.1, 0.15) is 18.4 Å². The average Bonchev–Trinajstić information content (AvgIpc) is 2.67. The number of Topliss-reactive ketones (excluding diaryl/α,β-unsaturated/α-hetero) is 1. The van der Waals surface area contributed by atoms with Crippen molar-refractivity contribution in [3.05, 3.63) is 35.9 Å². The van der Waals surface area contributed by atoms with Crippen molar-refractivity contribution >= 4 is 23.8 Å². The molecule has 1 aromatic carbocycles. The Hall–Kier alpha value is -2.94. The molecule has 0 unspecified atom stereocenters. The van der Waals surface area contributed by atoms with Gasteiger partial charge in [-0.05, 0) is 18.9 Å². The Morgan fingerprint density at radius 2 is 1.82 bits per heavy atom. The van der Waals surface area contributed by atoms with Crippen molar-refractivity contribution in [3.63, 3.8) is 0 Å². The quantitative estimate of drug-likeness (QED) is 0.471. The molecule has 0 bridgehead atoms. The molecule has 0 radical (unpaired) electrons. The van der Waals surface area contributed by atoms with Crippen LogP contribution in [0.5, 0.6) is 0 Å². The lowest BCUT2D eigenvalue weighted by molar-refractivity contribution is -0.145. The SMILES string of the molecule is COC(=O)[C@@H](CCC(C)=O)NC(=O)C[C@@H](O)CNC(=O)OCc1ccccc1. The van der Waals surface area contributed by atoms with Gasteiger partial charge in [0.25, 0.3) is 0 Å². The van der Waals surface area contributed by atoms with E-state index in [4.69, 9.17) is 4.74 Å². The van der Waals surface area contributed by atoms with Crippen molar-refractivity contribution in [3.8, 4) is 0 Å². The second-order valence-corrected chi connectivity index (χ2v) is 6.18. The third kappa shape index (κ3) is 9.67. The van der Waals surface area contributed by atoms with Crippen LogP contribution in [0.25, 0.3) is 0 Å². The summed E-state index contributed by atoms with van der Waals surface area (Å²) in [6, 6.07) is 8.11. The van der Waals surface area contributed by atoms with Gasteiger partial charge >= 0.3 is 12.1 Å². The summed E-state index contributed by atoms with van der Waals surface area (Å²) < 4.78 is 9.59. The summed E-state index contributed by atoms with van der Waals surface area (Å²) >= 11 is 0. The molecule has 9 nitrogen and oxygen atoms in total. The van der Waals surface area contributed by atoms with Crippen molar-refractivity contribution in [2.24, 2.45) is 0 Å². The van der Waals surface area contributed by atoms with Gasteiger partial charge in [0, 0.05) is 13.0 Å². The lowest BCUT2D eigenvalue weighted by Crippen LogP contribution is -2.44. The highest BCUT2D eigenvalue weighted by Gasteiger charge is 2.23. The van der Waals surface area contributed by atoms with Crippen LogP contribution in [0, 0.1) is 0 Å². The summed E-state index contributed by atoms with van der Waals surface area (Å²) in [7, 11) is 1.18. The number of rotatable bonds is 11. The molecule has 3 N–H and O–H groups in total. The predicted octanol–water partition coefficient (Wildman–Crippen LogP) is 0.691. The summed E-state index contributed by atoms with van der Waals surface area (Å²) in [5.74, 6) is -1.40. The number of amides is 2. The number of carbonyl (C=O) groups excluding carboxylic acids is 4. The number of carbonyl (C=O) groups is 4. The van der Waals surface area contributed by atoms with E-state index in [1.807, 2.05) is 18.2 Å². The molecule has 0 aliphatic heterocycles. The topological polar surface area (TPSA) is 131 Å². The number of methoxy groups -OCH3 is 1. The maximum Gasteiger partial charge on any atom is 0.407 e. The molecule has 0 fully saturated rings. The Morgan fingerprint density at radius 1 is 1.14 bits per heavy atom. The fraction of sp³-hybridized carbons (Fsp3) is 0.474. The number of aliphatic hydroxyl groups is 1. The molecule has 0 spiro atoms. The summed E-state index contributed by atoms with van der Waals surface area (Å²) in [5.41, 5.74) is 0.817. The molecular formula is C19H26N2O7. The van der Waals surface area contributed by atoms with Gasteiger partial charge in [-0.25, -0.2) is 9.59 Å². The zero-order valence-electron chi connectivity index (χ0n) is 16.0. The first-order valence-electron chi connectivity index (χ1n) is 8.81. The van der Waals surface area contributed by atoms with Gasteiger partial charge in [-0.2, -0.15) is 0 Å². The number of ether oxygens (including phenoxy) is 2. The number of esters is 1. The van der Waals surface area contributed by atoms with Crippen LogP contribution in [-0.4, -0.2) is 54.7 Å². The number of ketones is 1. The van der Waals surface area contributed by atoms with E-state index in [0.717, 1.165) is 5.56 Å². The van der Waals surface area contributed by atoms with Crippen LogP contribution < -0.4 is 10.6 Å². The molecule has 1 rings (SSSR count). The minimum absolute atomic E-state index is 0.0835. The number of aliphatic hydroxyl groups excluding tert-OH is 1. The Labute approximate surface area is 163 Å². The molecule has 9 heteroatoms. The average molecular weight is 394 g/mol. The normalized spacial score (nSPS) is 12.4. The van der Waals surface area contributed by atoms with Crippen LogP contribution in [0.4, 0.5) is 4.79 Å². The fourth-order valence-corrected chi connectivity index (χ4v) is 2.25. The van der Waals surface area contributed by atoms with E-state index in [0.29, 0.717) is 0 Å². The molecule has 0 aromatic heterocycles. The monoisotopic (exact) mass is 394 g/mol. The van der Waals surface area contributed by atoms with Gasteiger partial charge in [-0.1, -0.05) is 30.3 Å². The largest absolute Gasteiger partial charge is 0.467 e. The molecule has 154 valence electrons. The lowest BCUT2D eigenvalue weighted by Gasteiger charge is -2.17. The lowest BCUT2D eigenvalue weighted by atomic mass is 10.1. The first-order chi connectivity index (χ1) is 13.3. The second kappa shape index (κ2) is 12.4. The van der Waals surface area contributed by atoms with Gasteiger partial charge in [-0.3, -0.25) is 4.79 Å². The van der Waals surface area contributed by atoms with Crippen molar-refractivity contribution in [1.82, 2.24) is 10.6 Å². The molecule has 0 aliphatic carbocycles. The Kier molecular flexibility index (Phi) is 10.3. The molecule has 2 amide bonds. The summed E-state index contributed by atoms with van der Waals surface area (Å²) in [6.07, 6.45) is -2.02. The summed E-state index contributed by atoms with van der Waals surface area (Å²) in [4.78, 5) is 46.3. The van der Waals surface area contributed by atoms with Crippen LogP contribution in [-0.2, 0) is 30.5 Å². The molecule has 0 aliphatic rings. The van der Waals surface area contributed by atoms with Crippen LogP contribution >= 0.6 is 0 Å². The summed E-state index contributed by atoms with van der Waals surface area (Å²) in [5, 5.41) is 14.7. The van der Waals surface area contributed by atoms with Crippen LogP contribution in [0.15, 0.2) is 30.3 Å². The maximum atomic E-state index is 12.0. The highest BCUT2D eigenvalue weighted by molar-refractivity contribution is 5.85. The van der Waals surface area contributed by atoms with E-state index in [1.54, 1.807) is 12.1 Å². The van der Waals surface area contributed by atoms with E-state index in [2.05, 4.69) is 15.4 Å². The van der Waals surface area contributed by atoms with Crippen molar-refractivity contribution in [2.75, 3.05) is 13.7 Å². The van der Waals surface area contributed by atoms with Crippen molar-refractivity contribution < 1.29 is 33.8 Å². The van der Waals surface area contributed by atoms with Gasteiger partial charge < -0.3 is 30.0 Å². The Morgan fingerprint density at radius 3 is 2.43 bits per heavy atom. The molecule has 2 atom stereocenters. The van der Waals surface area contributed by atoms with E-state index in [1.165, 1.54) is 14.0 Å². The number of hydrogen-bond acceptors (Lipinski definition) is 7. The number of hydrogen-bond donors (Lipinski definition) is 3. The van der Waals surface area contributed by atoms with Crippen molar-refractivity contribution in [1.29, 1.82) is 0 Å². The molecule has 1 aromatic rings. The summed E-state index contributed by atoms with van der Waals surface area (Å²) in [6.45, 7) is 1.26. The second-order valence-electron chi connectivity index (χ2n) is 6.18. The highest BCUT2D eigenvalue weighted by Crippen LogP contribution is 2.03. The Bertz CT molecular complexity index is 664. The predicted molar refractivity (Wildman–Crippen MR) is 99.1 cm³/mol. The molecule has 0 saturated heterocycles. The third-order valence-corrected chi connectivity index (χ3v) is 3.72. The number of nitrogens with one attached hydrogen (secondary N) is 2. The Balaban J connectivity index is 2.34. The zero-order valence-corrected chi connectivity index (χ0v) is 16.0. The van der Waals surface area contributed by atoms with Crippen LogP contribution in [0.1, 0.15) is 31.7 Å². The number of benzene rings is 1. The smallest absolute Gasteiger partial charge is 0.407 e. The van der Waals surface area contributed by atoms with Gasteiger partial charge in [0.15, 0.2) is 0 Å². The van der Waals surface area contributed by atoms with Crippen LogP contribution in [0.2, 0.25) is 0 Å². The third-order valence-electron chi connectivity index (χ3n) is 3.72.